The zero-order chi connectivity index (χ0) is 18.1. The summed E-state index contributed by atoms with van der Waals surface area (Å²) in [6.45, 7) is 0. The Morgan fingerprint density at radius 2 is 1.92 bits per heavy atom. The summed E-state index contributed by atoms with van der Waals surface area (Å²) >= 11 is 14.1. The van der Waals surface area contributed by atoms with E-state index >= 15 is 0 Å². The van der Waals surface area contributed by atoms with Crippen LogP contribution in [0.15, 0.2) is 60.9 Å². The van der Waals surface area contributed by atoms with Gasteiger partial charge in [-0.2, -0.15) is 0 Å². The molecule has 0 radical (unpaired) electrons. The Labute approximate surface area is 163 Å². The van der Waals surface area contributed by atoms with Crippen LogP contribution in [0.3, 0.4) is 0 Å². The van der Waals surface area contributed by atoms with Crippen LogP contribution in [0.25, 0.3) is 20.8 Å². The predicted molar refractivity (Wildman–Crippen MR) is 107 cm³/mol. The Morgan fingerprint density at radius 3 is 2.69 bits per heavy atom. The van der Waals surface area contributed by atoms with Gasteiger partial charge in [-0.25, -0.2) is 4.98 Å². The zero-order valence-corrected chi connectivity index (χ0v) is 15.6. The highest BCUT2D eigenvalue weighted by atomic mass is 35.5. The fourth-order valence-electron chi connectivity index (χ4n) is 2.54. The van der Waals surface area contributed by atoms with E-state index in [9.17, 15) is 4.79 Å². The summed E-state index contributed by atoms with van der Waals surface area (Å²) in [6.07, 6.45) is 3.11. The van der Waals surface area contributed by atoms with Crippen molar-refractivity contribution in [2.75, 3.05) is 5.32 Å². The molecule has 0 fully saturated rings. The van der Waals surface area contributed by atoms with E-state index in [4.69, 9.17) is 23.2 Å². The third-order valence-electron chi connectivity index (χ3n) is 3.74. The van der Waals surface area contributed by atoms with E-state index in [2.05, 4.69) is 15.3 Å². The summed E-state index contributed by atoms with van der Waals surface area (Å²) in [5.74, 6) is -0.301. The van der Waals surface area contributed by atoms with Gasteiger partial charge < -0.3 is 5.32 Å². The number of pyridine rings is 1. The topological polar surface area (TPSA) is 54.9 Å². The van der Waals surface area contributed by atoms with E-state index in [1.165, 1.54) is 17.5 Å². The number of aromatic nitrogens is 2. The molecule has 2 aromatic heterocycles. The van der Waals surface area contributed by atoms with Crippen LogP contribution >= 0.6 is 34.5 Å². The summed E-state index contributed by atoms with van der Waals surface area (Å²) in [5.41, 5.74) is 2.48. The molecule has 7 heteroatoms. The average Bonchev–Trinajstić information content (AvgIpc) is 3.08. The van der Waals surface area contributed by atoms with Crippen molar-refractivity contribution >= 4 is 56.3 Å². The Balaban J connectivity index is 1.80. The number of hydrogen-bond donors (Lipinski definition) is 1. The summed E-state index contributed by atoms with van der Waals surface area (Å²) in [5, 5.41) is 4.42. The highest BCUT2D eigenvalue weighted by molar-refractivity contribution is 7.21. The Hall–Kier alpha value is -2.47. The van der Waals surface area contributed by atoms with Crippen molar-refractivity contribution in [1.82, 2.24) is 9.97 Å². The third-order valence-corrected chi connectivity index (χ3v) is 5.33. The molecular formula is C19H11Cl2N3OS. The number of rotatable bonds is 3. The third kappa shape index (κ3) is 3.29. The molecule has 0 aliphatic carbocycles. The van der Waals surface area contributed by atoms with Gasteiger partial charge in [0.15, 0.2) is 0 Å². The number of carbonyl (C=O) groups excluding carboxylic acids is 1. The SMILES string of the molecule is O=C(Nc1c(Cl)cc(Cl)cc1-c1nc2ccccc2s1)c1cccnc1. The average molecular weight is 400 g/mol. The first-order valence-electron chi connectivity index (χ1n) is 7.68. The molecule has 4 rings (SSSR count). The maximum Gasteiger partial charge on any atom is 0.257 e. The van der Waals surface area contributed by atoms with Crippen molar-refractivity contribution in [3.63, 3.8) is 0 Å². The smallest absolute Gasteiger partial charge is 0.257 e. The molecule has 0 bridgehead atoms. The van der Waals surface area contributed by atoms with Crippen molar-refractivity contribution in [3.8, 4) is 10.6 Å². The Kier molecular flexibility index (Phi) is 4.59. The van der Waals surface area contributed by atoms with Gasteiger partial charge >= 0.3 is 0 Å². The van der Waals surface area contributed by atoms with Crippen molar-refractivity contribution in [3.05, 3.63) is 76.5 Å². The molecule has 4 aromatic rings. The van der Waals surface area contributed by atoms with Crippen LogP contribution < -0.4 is 5.32 Å². The highest BCUT2D eigenvalue weighted by Crippen LogP contribution is 2.40. The quantitative estimate of drug-likeness (QED) is 0.465. The molecule has 1 N–H and O–H groups in total. The number of amides is 1. The van der Waals surface area contributed by atoms with Crippen LogP contribution in [0, 0.1) is 0 Å². The van der Waals surface area contributed by atoms with Gasteiger partial charge in [-0.3, -0.25) is 9.78 Å². The van der Waals surface area contributed by atoms with E-state index in [1.807, 2.05) is 24.3 Å². The number of fused-ring (bicyclic) bond motifs is 1. The lowest BCUT2D eigenvalue weighted by atomic mass is 10.1. The number of hydrogen-bond acceptors (Lipinski definition) is 4. The van der Waals surface area contributed by atoms with Gasteiger partial charge in [0.05, 0.1) is 26.5 Å². The minimum Gasteiger partial charge on any atom is -0.320 e. The lowest BCUT2D eigenvalue weighted by Crippen LogP contribution is -2.13. The van der Waals surface area contributed by atoms with E-state index in [0.717, 1.165) is 15.2 Å². The van der Waals surface area contributed by atoms with E-state index < -0.39 is 0 Å². The van der Waals surface area contributed by atoms with E-state index in [0.29, 0.717) is 26.9 Å². The largest absolute Gasteiger partial charge is 0.320 e. The maximum atomic E-state index is 12.5. The number of halogens is 2. The van der Waals surface area contributed by atoms with Crippen molar-refractivity contribution in [1.29, 1.82) is 0 Å². The molecule has 1 amide bonds. The molecule has 2 aromatic carbocycles. The second-order valence-corrected chi connectivity index (χ2v) is 7.37. The fourth-order valence-corrected chi connectivity index (χ4v) is 4.07. The van der Waals surface area contributed by atoms with Gasteiger partial charge in [-0.05, 0) is 36.4 Å². The predicted octanol–water partition coefficient (Wildman–Crippen LogP) is 5.92. The van der Waals surface area contributed by atoms with Crippen molar-refractivity contribution in [2.45, 2.75) is 0 Å². The van der Waals surface area contributed by atoms with Gasteiger partial charge in [-0.15, -0.1) is 11.3 Å². The minimum absolute atomic E-state index is 0.301. The molecule has 0 aliphatic rings. The minimum atomic E-state index is -0.301. The number of para-hydroxylation sites is 1. The van der Waals surface area contributed by atoms with Crippen LogP contribution in [0.4, 0.5) is 5.69 Å². The second kappa shape index (κ2) is 7.03. The van der Waals surface area contributed by atoms with Crippen molar-refractivity contribution in [2.24, 2.45) is 0 Å². The number of nitrogens with one attached hydrogen (secondary N) is 1. The van der Waals surface area contributed by atoms with Crippen LogP contribution in [0.5, 0.6) is 0 Å². The maximum absolute atomic E-state index is 12.5. The normalized spacial score (nSPS) is 10.8. The van der Waals surface area contributed by atoms with Gasteiger partial charge in [0.2, 0.25) is 0 Å². The molecule has 0 aliphatic heterocycles. The molecule has 2 heterocycles. The first-order valence-corrected chi connectivity index (χ1v) is 9.25. The highest BCUT2D eigenvalue weighted by Gasteiger charge is 2.18. The summed E-state index contributed by atoms with van der Waals surface area (Å²) in [6, 6.07) is 14.6. The lowest BCUT2D eigenvalue weighted by Gasteiger charge is -2.12. The van der Waals surface area contributed by atoms with Crippen LogP contribution in [0.2, 0.25) is 10.0 Å². The molecule has 128 valence electrons. The first-order chi connectivity index (χ1) is 12.6. The van der Waals surface area contributed by atoms with Crippen LogP contribution in [-0.4, -0.2) is 15.9 Å². The van der Waals surface area contributed by atoms with Gasteiger partial charge in [0.25, 0.3) is 5.91 Å². The number of anilines is 1. The summed E-state index contributed by atoms with van der Waals surface area (Å²) < 4.78 is 1.04. The molecule has 0 spiro atoms. The molecular weight excluding hydrogens is 389 g/mol. The lowest BCUT2D eigenvalue weighted by molar-refractivity contribution is 0.102. The fraction of sp³-hybridized carbons (Fsp3) is 0. The Morgan fingerprint density at radius 1 is 1.08 bits per heavy atom. The monoisotopic (exact) mass is 399 g/mol. The van der Waals surface area contributed by atoms with Gasteiger partial charge in [0, 0.05) is 23.0 Å². The van der Waals surface area contributed by atoms with Gasteiger partial charge in [0.1, 0.15) is 5.01 Å². The zero-order valence-electron chi connectivity index (χ0n) is 13.2. The number of benzene rings is 2. The van der Waals surface area contributed by atoms with Crippen LogP contribution in [0.1, 0.15) is 10.4 Å². The standard InChI is InChI=1S/C19H11Cl2N3OS/c20-12-8-13(19-23-15-5-1-2-6-16(15)26-19)17(14(21)9-12)24-18(25)11-4-3-7-22-10-11/h1-10H,(H,24,25). The molecule has 26 heavy (non-hydrogen) atoms. The second-order valence-electron chi connectivity index (χ2n) is 5.49. The molecule has 0 saturated carbocycles. The van der Waals surface area contributed by atoms with Crippen molar-refractivity contribution < 1.29 is 4.79 Å². The molecule has 0 unspecified atom stereocenters. The van der Waals surface area contributed by atoms with E-state index in [-0.39, 0.29) is 5.91 Å². The molecule has 0 atom stereocenters. The Bertz CT molecular complexity index is 1080. The van der Waals surface area contributed by atoms with E-state index in [1.54, 1.807) is 30.5 Å². The number of carbonyl (C=O) groups is 1. The molecule has 4 nitrogen and oxygen atoms in total. The number of nitrogens with zero attached hydrogens (tertiary/aromatic N) is 2. The van der Waals surface area contributed by atoms with Gasteiger partial charge in [-0.1, -0.05) is 35.3 Å². The summed E-state index contributed by atoms with van der Waals surface area (Å²) in [7, 11) is 0. The first kappa shape index (κ1) is 17.0. The van der Waals surface area contributed by atoms with Crippen LogP contribution in [-0.2, 0) is 0 Å². The molecule has 0 saturated heterocycles. The number of thiazole rings is 1. The summed E-state index contributed by atoms with van der Waals surface area (Å²) in [4.78, 5) is 21.2.